The molecule has 0 atom stereocenters. The van der Waals surface area contributed by atoms with Gasteiger partial charge in [-0.1, -0.05) is 17.7 Å². The normalized spacial score (nSPS) is 14.9. The molecule has 0 N–H and O–H groups in total. The molecule has 23 heavy (non-hydrogen) atoms. The molecule has 2 aromatic rings. The average Bonchev–Trinajstić information content (AvgIpc) is 2.55. The Hall–Kier alpha value is -2.21. The Balaban J connectivity index is 1.69. The van der Waals surface area contributed by atoms with Crippen molar-refractivity contribution < 1.29 is 9.18 Å². The molecule has 1 aliphatic heterocycles. The van der Waals surface area contributed by atoms with E-state index >= 15 is 0 Å². The molecule has 0 unspecified atom stereocenters. The molecule has 1 saturated heterocycles. The van der Waals surface area contributed by atoms with Gasteiger partial charge >= 0.3 is 0 Å². The molecule has 0 bridgehead atoms. The fraction of sp³-hybridized carbons (Fsp3) is 0.312. The zero-order valence-electron chi connectivity index (χ0n) is 12.7. The summed E-state index contributed by atoms with van der Waals surface area (Å²) in [4.78, 5) is 16.2. The number of amides is 1. The Bertz CT molecular complexity index is 694. The van der Waals surface area contributed by atoms with Gasteiger partial charge in [0, 0.05) is 26.2 Å². The van der Waals surface area contributed by atoms with Gasteiger partial charge in [-0.15, -0.1) is 5.10 Å². The fourth-order valence-corrected chi connectivity index (χ4v) is 2.80. The maximum Gasteiger partial charge on any atom is 0.258 e. The van der Waals surface area contributed by atoms with Crippen LogP contribution >= 0.6 is 11.6 Å². The van der Waals surface area contributed by atoms with Gasteiger partial charge < -0.3 is 9.80 Å². The van der Waals surface area contributed by atoms with E-state index in [9.17, 15) is 9.18 Å². The Morgan fingerprint density at radius 1 is 1.13 bits per heavy atom. The van der Waals surface area contributed by atoms with E-state index in [1.165, 1.54) is 18.2 Å². The van der Waals surface area contributed by atoms with Crippen molar-refractivity contribution in [3.8, 4) is 0 Å². The summed E-state index contributed by atoms with van der Waals surface area (Å²) in [7, 11) is 0. The minimum atomic E-state index is -0.589. The molecule has 1 aromatic heterocycles. The molecule has 5 nitrogen and oxygen atoms in total. The third kappa shape index (κ3) is 3.27. The van der Waals surface area contributed by atoms with Gasteiger partial charge in [-0.3, -0.25) is 4.79 Å². The topological polar surface area (TPSA) is 49.3 Å². The first kappa shape index (κ1) is 15.7. The minimum absolute atomic E-state index is 0.0576. The Labute approximate surface area is 138 Å². The summed E-state index contributed by atoms with van der Waals surface area (Å²) in [6.45, 7) is 4.09. The quantitative estimate of drug-likeness (QED) is 0.847. The largest absolute Gasteiger partial charge is 0.352 e. The molecule has 0 saturated carbocycles. The maximum atomic E-state index is 13.9. The third-order valence-corrected chi connectivity index (χ3v) is 4.17. The van der Waals surface area contributed by atoms with Crippen molar-refractivity contribution in [2.24, 2.45) is 0 Å². The lowest BCUT2D eigenvalue weighted by Gasteiger charge is -2.35. The maximum absolute atomic E-state index is 13.9. The van der Waals surface area contributed by atoms with E-state index in [0.717, 1.165) is 11.5 Å². The molecule has 2 heterocycles. The van der Waals surface area contributed by atoms with E-state index in [0.29, 0.717) is 26.2 Å². The lowest BCUT2D eigenvalue weighted by atomic mass is 10.1. The van der Waals surface area contributed by atoms with E-state index < -0.39 is 5.82 Å². The number of benzene rings is 1. The molecule has 1 aliphatic rings. The number of aromatic nitrogens is 2. The summed E-state index contributed by atoms with van der Waals surface area (Å²) in [5, 5.41) is 8.33. The summed E-state index contributed by atoms with van der Waals surface area (Å²) in [5.74, 6) is -0.177. The molecular weight excluding hydrogens is 319 g/mol. The number of hydrogen-bond donors (Lipinski definition) is 0. The van der Waals surface area contributed by atoms with E-state index in [-0.39, 0.29) is 16.5 Å². The number of aryl methyl sites for hydroxylation is 1. The van der Waals surface area contributed by atoms with Gasteiger partial charge in [-0.05, 0) is 31.2 Å². The van der Waals surface area contributed by atoms with Gasteiger partial charge in [-0.2, -0.15) is 5.10 Å². The van der Waals surface area contributed by atoms with E-state index in [1.54, 1.807) is 4.90 Å². The smallest absolute Gasteiger partial charge is 0.258 e. The number of piperazine rings is 1. The van der Waals surface area contributed by atoms with Crippen LogP contribution < -0.4 is 4.90 Å². The average molecular weight is 335 g/mol. The molecule has 120 valence electrons. The summed E-state index contributed by atoms with van der Waals surface area (Å²) in [6, 6.07) is 8.07. The lowest BCUT2D eigenvalue weighted by Crippen LogP contribution is -2.49. The summed E-state index contributed by atoms with van der Waals surface area (Å²) < 4.78 is 13.9. The number of anilines is 1. The highest BCUT2D eigenvalue weighted by Crippen LogP contribution is 2.22. The number of carbonyl (C=O) groups excluding carboxylic acids is 1. The number of halogens is 2. The molecule has 1 fully saturated rings. The van der Waals surface area contributed by atoms with Gasteiger partial charge in [0.25, 0.3) is 5.91 Å². The molecule has 0 spiro atoms. The van der Waals surface area contributed by atoms with Crippen molar-refractivity contribution >= 4 is 23.3 Å². The first-order valence-electron chi connectivity index (χ1n) is 7.35. The lowest BCUT2D eigenvalue weighted by molar-refractivity contribution is 0.0742. The van der Waals surface area contributed by atoms with Crippen LogP contribution in [-0.2, 0) is 0 Å². The van der Waals surface area contributed by atoms with E-state index in [1.807, 2.05) is 19.1 Å². The van der Waals surface area contributed by atoms with E-state index in [4.69, 9.17) is 11.6 Å². The monoisotopic (exact) mass is 334 g/mol. The summed E-state index contributed by atoms with van der Waals surface area (Å²) in [6.07, 6.45) is 0. The fourth-order valence-electron chi connectivity index (χ4n) is 2.56. The third-order valence-electron chi connectivity index (χ3n) is 3.85. The van der Waals surface area contributed by atoms with Gasteiger partial charge in [0.2, 0.25) is 0 Å². The number of rotatable bonds is 2. The van der Waals surface area contributed by atoms with Gasteiger partial charge in [-0.25, -0.2) is 4.39 Å². The number of carbonyl (C=O) groups is 1. The van der Waals surface area contributed by atoms with Crippen LogP contribution in [0.4, 0.5) is 10.2 Å². The Morgan fingerprint density at radius 3 is 2.48 bits per heavy atom. The molecular formula is C16H16ClFN4O. The van der Waals surface area contributed by atoms with Crippen LogP contribution in [0.15, 0.2) is 30.3 Å². The molecule has 7 heteroatoms. The predicted octanol–water partition coefficient (Wildman–Crippen LogP) is 2.54. The van der Waals surface area contributed by atoms with Gasteiger partial charge in [0.15, 0.2) is 5.82 Å². The van der Waals surface area contributed by atoms with Crippen LogP contribution in [0.2, 0.25) is 5.02 Å². The van der Waals surface area contributed by atoms with Gasteiger partial charge in [0.1, 0.15) is 5.82 Å². The van der Waals surface area contributed by atoms with Crippen molar-refractivity contribution in [1.82, 2.24) is 15.1 Å². The van der Waals surface area contributed by atoms with Crippen molar-refractivity contribution in [2.75, 3.05) is 31.1 Å². The van der Waals surface area contributed by atoms with Crippen LogP contribution in [0.5, 0.6) is 0 Å². The second kappa shape index (κ2) is 6.50. The highest BCUT2D eigenvalue weighted by atomic mass is 35.5. The van der Waals surface area contributed by atoms with Crippen molar-refractivity contribution in [1.29, 1.82) is 0 Å². The molecule has 1 amide bonds. The summed E-state index contributed by atoms with van der Waals surface area (Å²) in [5.41, 5.74) is 0.800. The Morgan fingerprint density at radius 2 is 1.87 bits per heavy atom. The molecule has 0 aliphatic carbocycles. The van der Waals surface area contributed by atoms with Gasteiger partial charge in [0.05, 0.1) is 16.3 Å². The van der Waals surface area contributed by atoms with Crippen LogP contribution in [0.25, 0.3) is 0 Å². The van der Waals surface area contributed by atoms with Crippen LogP contribution in [-0.4, -0.2) is 47.2 Å². The zero-order chi connectivity index (χ0) is 16.4. The second-order valence-electron chi connectivity index (χ2n) is 5.41. The minimum Gasteiger partial charge on any atom is -0.352 e. The van der Waals surface area contributed by atoms with E-state index in [2.05, 4.69) is 15.1 Å². The van der Waals surface area contributed by atoms with Crippen LogP contribution in [0.1, 0.15) is 16.1 Å². The van der Waals surface area contributed by atoms with Crippen LogP contribution in [0.3, 0.4) is 0 Å². The molecule has 0 radical (unpaired) electrons. The highest BCUT2D eigenvalue weighted by molar-refractivity contribution is 6.33. The first-order valence-corrected chi connectivity index (χ1v) is 7.72. The first-order chi connectivity index (χ1) is 11.1. The Kier molecular flexibility index (Phi) is 4.43. The molecule has 1 aromatic carbocycles. The van der Waals surface area contributed by atoms with Crippen molar-refractivity contribution in [3.63, 3.8) is 0 Å². The predicted molar refractivity (Wildman–Crippen MR) is 86.3 cm³/mol. The number of hydrogen-bond acceptors (Lipinski definition) is 4. The SMILES string of the molecule is Cc1ccc(N2CCN(C(=O)c3c(F)cccc3Cl)CC2)nn1. The summed E-state index contributed by atoms with van der Waals surface area (Å²) >= 11 is 5.97. The van der Waals surface area contributed by atoms with Crippen LogP contribution in [0, 0.1) is 12.7 Å². The number of nitrogens with zero attached hydrogens (tertiary/aromatic N) is 4. The second-order valence-corrected chi connectivity index (χ2v) is 5.82. The molecule has 3 rings (SSSR count). The standard InChI is InChI=1S/C16H16ClFN4O/c1-11-5-6-14(20-19-11)21-7-9-22(10-8-21)16(23)15-12(17)3-2-4-13(15)18/h2-6H,7-10H2,1H3. The zero-order valence-corrected chi connectivity index (χ0v) is 13.4. The van der Waals surface area contributed by atoms with Crippen molar-refractivity contribution in [3.05, 3.63) is 52.4 Å². The highest BCUT2D eigenvalue weighted by Gasteiger charge is 2.26. The van der Waals surface area contributed by atoms with Crippen molar-refractivity contribution in [2.45, 2.75) is 6.92 Å².